The zero-order valence-corrected chi connectivity index (χ0v) is 24.5. The number of carbonyl (C=O) groups is 2. The molecule has 1 heterocycles. The van der Waals surface area contributed by atoms with Crippen molar-refractivity contribution < 1.29 is 24.2 Å². The number of likely N-dealkylation sites (tertiary alicyclic amines) is 1. The number of hydrogen-bond acceptors (Lipinski definition) is 5. The highest BCUT2D eigenvalue weighted by Gasteiger charge is 2.56. The van der Waals surface area contributed by atoms with E-state index in [0.717, 1.165) is 47.7 Å². The van der Waals surface area contributed by atoms with Gasteiger partial charge in [-0.05, 0) is 83.6 Å². The maximum absolute atomic E-state index is 13.4. The summed E-state index contributed by atoms with van der Waals surface area (Å²) in [5, 5.41) is 12.8. The number of anilines is 1. The molecule has 1 saturated heterocycles. The zero-order chi connectivity index (χ0) is 27.6. The van der Waals surface area contributed by atoms with Gasteiger partial charge in [0.15, 0.2) is 0 Å². The first-order chi connectivity index (χ1) is 18.9. The molecule has 0 radical (unpaired) electrons. The van der Waals surface area contributed by atoms with E-state index >= 15 is 0 Å². The number of carbonyl (C=O) groups excluding carboxylic acids is 1. The lowest BCUT2D eigenvalue weighted by atomic mass is 9.52. The number of carboxylic acid groups (broad SMARTS) is 1. The van der Waals surface area contributed by atoms with Crippen molar-refractivity contribution in [2.45, 2.75) is 89.3 Å². The van der Waals surface area contributed by atoms with Crippen LogP contribution in [-0.4, -0.2) is 47.3 Å². The molecule has 5 rings (SSSR count). The fourth-order valence-corrected chi connectivity index (χ4v) is 7.65. The maximum Gasteiger partial charge on any atom is 0.410 e. The molecule has 0 aromatic heterocycles. The molecule has 2 N–H and O–H groups in total. The summed E-state index contributed by atoms with van der Waals surface area (Å²) in [4.78, 5) is 27.1. The number of piperidine rings is 1. The number of benzene rings is 2. The van der Waals surface area contributed by atoms with Crippen molar-refractivity contribution in [2.24, 2.45) is 5.92 Å². The lowest BCUT2D eigenvalue weighted by Gasteiger charge is -2.58. The van der Waals surface area contributed by atoms with E-state index < -0.39 is 12.0 Å². The minimum atomic E-state index is -0.922. The van der Waals surface area contributed by atoms with Crippen molar-refractivity contribution in [3.05, 3.63) is 57.6 Å². The maximum atomic E-state index is 13.4. The number of aliphatic carboxylic acids is 1. The van der Waals surface area contributed by atoms with Crippen LogP contribution in [0.3, 0.4) is 0 Å². The molecule has 2 aromatic rings. The molecule has 1 saturated carbocycles. The number of fused-ring (bicyclic) bond motifs is 1. The Morgan fingerprint density at radius 3 is 2.77 bits per heavy atom. The van der Waals surface area contributed by atoms with E-state index in [1.807, 2.05) is 35.2 Å². The predicted molar refractivity (Wildman–Crippen MR) is 154 cm³/mol. The van der Waals surface area contributed by atoms with Crippen LogP contribution in [0, 0.1) is 5.92 Å². The third kappa shape index (κ3) is 5.37. The number of amides is 1. The van der Waals surface area contributed by atoms with Gasteiger partial charge in [-0.2, -0.15) is 0 Å². The molecule has 0 spiro atoms. The van der Waals surface area contributed by atoms with Gasteiger partial charge in [-0.3, -0.25) is 4.79 Å². The van der Waals surface area contributed by atoms with E-state index in [1.54, 1.807) is 6.92 Å². The number of ether oxygens (including phenoxy) is 2. The highest BCUT2D eigenvalue weighted by molar-refractivity contribution is 9.10. The quantitative estimate of drug-likeness (QED) is 0.305. The minimum absolute atomic E-state index is 0.0188. The number of rotatable bonds is 9. The van der Waals surface area contributed by atoms with Gasteiger partial charge < -0.3 is 24.8 Å². The van der Waals surface area contributed by atoms with E-state index in [4.69, 9.17) is 9.47 Å². The van der Waals surface area contributed by atoms with E-state index in [1.165, 1.54) is 18.4 Å². The Bertz CT molecular complexity index is 1210. The van der Waals surface area contributed by atoms with Gasteiger partial charge in [-0.15, -0.1) is 0 Å². The molecule has 2 unspecified atom stereocenters. The molecule has 3 aliphatic rings. The number of carboxylic acids is 1. The average Bonchev–Trinajstić information content (AvgIpc) is 2.94. The van der Waals surface area contributed by atoms with Gasteiger partial charge in [-0.25, -0.2) is 4.79 Å². The normalized spacial score (nSPS) is 24.2. The van der Waals surface area contributed by atoms with Crippen LogP contribution in [0.5, 0.6) is 5.75 Å². The summed E-state index contributed by atoms with van der Waals surface area (Å²) in [5.41, 5.74) is 4.11. The Kier molecular flexibility index (Phi) is 8.40. The SMILES string of the molecule is CCCCOc1cc2c(c(Br)c1NC(C)C(=O)O)C[C@H]1C3CCCC[C@@]23CCN1C(=O)OCc1ccccc1. The molecule has 1 aliphatic heterocycles. The molecule has 7 nitrogen and oxygen atoms in total. The molecule has 2 aliphatic carbocycles. The Balaban J connectivity index is 1.50. The van der Waals surface area contributed by atoms with Crippen LogP contribution in [0.4, 0.5) is 10.5 Å². The van der Waals surface area contributed by atoms with Crippen LogP contribution < -0.4 is 10.1 Å². The number of halogens is 1. The number of hydrogen-bond donors (Lipinski definition) is 2. The zero-order valence-electron chi connectivity index (χ0n) is 22.9. The monoisotopic (exact) mass is 598 g/mol. The number of nitrogens with zero attached hydrogens (tertiary/aromatic N) is 1. The van der Waals surface area contributed by atoms with Crippen LogP contribution in [-0.2, 0) is 28.0 Å². The summed E-state index contributed by atoms with van der Waals surface area (Å²) in [6.07, 6.45) is 7.81. The van der Waals surface area contributed by atoms with E-state index in [2.05, 4.69) is 34.2 Å². The molecular formula is C31H39BrN2O5. The molecule has 2 aromatic carbocycles. The second kappa shape index (κ2) is 11.8. The van der Waals surface area contributed by atoms with Gasteiger partial charge in [-0.1, -0.05) is 56.5 Å². The van der Waals surface area contributed by atoms with Crippen LogP contribution in [0.25, 0.3) is 0 Å². The smallest absolute Gasteiger partial charge is 0.410 e. The van der Waals surface area contributed by atoms with Crippen molar-refractivity contribution in [3.8, 4) is 5.75 Å². The van der Waals surface area contributed by atoms with Crippen molar-refractivity contribution in [3.63, 3.8) is 0 Å². The molecule has 1 amide bonds. The van der Waals surface area contributed by atoms with Gasteiger partial charge >= 0.3 is 12.1 Å². The van der Waals surface area contributed by atoms with Gasteiger partial charge in [0.1, 0.15) is 18.4 Å². The largest absolute Gasteiger partial charge is 0.491 e. The first-order valence-corrected chi connectivity index (χ1v) is 15.1. The fourth-order valence-electron chi connectivity index (χ4n) is 6.96. The highest BCUT2D eigenvalue weighted by Crippen LogP contribution is 2.58. The predicted octanol–water partition coefficient (Wildman–Crippen LogP) is 6.91. The van der Waals surface area contributed by atoms with Crippen molar-refractivity contribution in [1.82, 2.24) is 4.90 Å². The van der Waals surface area contributed by atoms with Crippen LogP contribution in [0.2, 0.25) is 0 Å². The Labute approximate surface area is 239 Å². The molecule has 210 valence electrons. The summed E-state index contributed by atoms with van der Waals surface area (Å²) < 4.78 is 12.9. The summed E-state index contributed by atoms with van der Waals surface area (Å²) in [7, 11) is 0. The average molecular weight is 600 g/mol. The number of nitrogens with one attached hydrogen (secondary N) is 1. The topological polar surface area (TPSA) is 88.1 Å². The van der Waals surface area contributed by atoms with E-state index in [0.29, 0.717) is 36.9 Å². The molecule has 8 heteroatoms. The molecule has 4 atom stereocenters. The summed E-state index contributed by atoms with van der Waals surface area (Å²) in [5.74, 6) is 0.155. The van der Waals surface area contributed by atoms with Crippen LogP contribution in [0.15, 0.2) is 40.9 Å². The summed E-state index contributed by atoms with van der Waals surface area (Å²) in [6.45, 7) is 5.28. The lowest BCUT2D eigenvalue weighted by molar-refractivity contribution is -0.137. The fraction of sp³-hybridized carbons (Fsp3) is 0.548. The standard InChI is InChI=1S/C31H39BrN2O5/c1-3-4-16-38-26-18-24-22(27(32)28(26)33-20(2)29(35)36)17-25-23-12-8-9-13-31(23,24)14-15-34(25)30(37)39-19-21-10-6-5-7-11-21/h5-7,10-11,18,20,23,25,33H,3-4,8-9,12-17,19H2,1-2H3,(H,35,36)/t20?,23?,25-,31-/m0/s1. The first kappa shape index (κ1) is 27.8. The van der Waals surface area contributed by atoms with E-state index in [9.17, 15) is 14.7 Å². The van der Waals surface area contributed by atoms with Crippen molar-refractivity contribution in [2.75, 3.05) is 18.5 Å². The third-order valence-corrected chi connectivity index (χ3v) is 9.84. The number of unbranched alkanes of at least 4 members (excludes halogenated alkanes) is 1. The van der Waals surface area contributed by atoms with Crippen LogP contribution >= 0.6 is 15.9 Å². The molecule has 2 fully saturated rings. The van der Waals surface area contributed by atoms with Crippen molar-refractivity contribution in [1.29, 1.82) is 0 Å². The Morgan fingerprint density at radius 1 is 1.23 bits per heavy atom. The van der Waals surface area contributed by atoms with Crippen LogP contribution in [0.1, 0.15) is 75.5 Å². The Hall–Kier alpha value is -2.74. The summed E-state index contributed by atoms with van der Waals surface area (Å²) >= 11 is 3.87. The third-order valence-electron chi connectivity index (χ3n) is 8.97. The lowest BCUT2D eigenvalue weighted by Crippen LogP contribution is -2.62. The van der Waals surface area contributed by atoms with Gasteiger partial charge in [0.05, 0.1) is 12.3 Å². The molecule has 2 bridgehead atoms. The van der Waals surface area contributed by atoms with Crippen molar-refractivity contribution >= 4 is 33.7 Å². The van der Waals surface area contributed by atoms with Gasteiger partial charge in [0.2, 0.25) is 0 Å². The molecule has 39 heavy (non-hydrogen) atoms. The van der Waals surface area contributed by atoms with Gasteiger partial charge in [0, 0.05) is 22.5 Å². The summed E-state index contributed by atoms with van der Waals surface area (Å²) in [6, 6.07) is 11.2. The minimum Gasteiger partial charge on any atom is -0.491 e. The first-order valence-electron chi connectivity index (χ1n) is 14.3. The molecular weight excluding hydrogens is 560 g/mol. The highest BCUT2D eigenvalue weighted by atomic mass is 79.9. The second-order valence-electron chi connectivity index (χ2n) is 11.3. The Morgan fingerprint density at radius 2 is 2.03 bits per heavy atom. The van der Waals surface area contributed by atoms with E-state index in [-0.39, 0.29) is 24.2 Å². The van der Waals surface area contributed by atoms with Gasteiger partial charge in [0.25, 0.3) is 0 Å². The second-order valence-corrected chi connectivity index (χ2v) is 12.1.